The summed E-state index contributed by atoms with van der Waals surface area (Å²) in [4.78, 5) is 41.4. The first kappa shape index (κ1) is 49.1. The Kier molecular flexibility index (Phi) is 20.8. The van der Waals surface area contributed by atoms with Gasteiger partial charge in [-0.25, -0.2) is 0 Å². The van der Waals surface area contributed by atoms with Gasteiger partial charge in [0.15, 0.2) is 18.9 Å². The molecule has 3 fully saturated rings. The maximum atomic E-state index is 13.6. The van der Waals surface area contributed by atoms with Gasteiger partial charge in [-0.3, -0.25) is 19.3 Å². The molecule has 23 heteroatoms. The van der Waals surface area contributed by atoms with Crippen LogP contribution in [0.15, 0.2) is 0 Å². The number of nitrogens with two attached hydrogens (primary N) is 1. The van der Waals surface area contributed by atoms with E-state index in [1.54, 1.807) is 0 Å². The quantitative estimate of drug-likeness (QED) is 0.0451. The molecule has 3 rings (SSSR count). The third kappa shape index (κ3) is 14.5. The first-order chi connectivity index (χ1) is 27.0. The van der Waals surface area contributed by atoms with Crippen molar-refractivity contribution in [3.8, 4) is 0 Å². The minimum Gasteiger partial charge on any atom is -0.388 e. The lowest BCUT2D eigenvalue weighted by atomic mass is 10.0. The molecule has 0 aromatic carbocycles. The summed E-state index contributed by atoms with van der Waals surface area (Å²) in [6.45, 7) is 3.04. The molecular weight excluding hydrogens is 766 g/mol. The normalized spacial score (nSPS) is 36.4. The average molecular weight is 830 g/mol. The summed E-state index contributed by atoms with van der Waals surface area (Å²) in [6, 6.07) is -1.05. The molecule has 0 aliphatic carbocycles. The number of nitrogens with zero attached hydrogens (tertiary/aromatic N) is 1. The average Bonchev–Trinajstić information content (AvgIpc) is 3.18. The van der Waals surface area contributed by atoms with Gasteiger partial charge in [0.1, 0.15) is 54.9 Å². The van der Waals surface area contributed by atoms with E-state index in [9.17, 15) is 60.3 Å². The van der Waals surface area contributed by atoms with Crippen molar-refractivity contribution in [2.75, 3.05) is 59.1 Å². The lowest BCUT2D eigenvalue weighted by molar-refractivity contribution is -0.292. The van der Waals surface area contributed by atoms with Crippen LogP contribution in [0.5, 0.6) is 0 Å². The van der Waals surface area contributed by atoms with E-state index in [1.807, 2.05) is 0 Å². The zero-order valence-corrected chi connectivity index (χ0v) is 32.4. The van der Waals surface area contributed by atoms with Crippen molar-refractivity contribution >= 4 is 17.7 Å². The molecule has 16 atom stereocenters. The second-order valence-electron chi connectivity index (χ2n) is 14.4. The molecule has 3 saturated heterocycles. The van der Waals surface area contributed by atoms with Crippen LogP contribution in [0.3, 0.4) is 0 Å². The number of aliphatic hydroxyl groups excluding tert-OH is 9. The third-order valence-corrected chi connectivity index (χ3v) is 9.89. The Balaban J connectivity index is 1.62. The number of hydrogen-bond acceptors (Lipinski definition) is 20. The van der Waals surface area contributed by atoms with Crippen LogP contribution in [0.1, 0.15) is 40.0 Å². The van der Waals surface area contributed by atoms with Crippen LogP contribution in [-0.2, 0) is 42.8 Å². The van der Waals surface area contributed by atoms with Gasteiger partial charge in [0, 0.05) is 19.6 Å². The van der Waals surface area contributed by atoms with E-state index in [2.05, 4.69) is 16.0 Å². The SMILES string of the molecule is C[C@@H]1O[C@@H](OCCNC(=O)CN(CC(=O)NCCO[C@H]2O[C@@H](C)[C@@H](O)[C@@H](O)[C@@H]2O)C(CCCCN)C(=O)NCCO[C@@H]2O[C@@H](C)[C@@H](O)[C@@H](O)[C@@H]2O)[C@@H](O)[C@H](O)[C@@H]1O. The number of rotatable bonds is 22. The summed E-state index contributed by atoms with van der Waals surface area (Å²) in [6.07, 6.45) is -18.4. The fourth-order valence-electron chi connectivity index (χ4n) is 6.37. The molecule has 0 radical (unpaired) electrons. The van der Waals surface area contributed by atoms with Gasteiger partial charge in [-0.2, -0.15) is 0 Å². The Hall–Kier alpha value is -2.27. The van der Waals surface area contributed by atoms with Gasteiger partial charge < -0.3 is 96.1 Å². The molecule has 3 amide bonds. The van der Waals surface area contributed by atoms with Crippen LogP contribution in [0.25, 0.3) is 0 Å². The topological polar surface area (TPSA) is 354 Å². The van der Waals surface area contributed by atoms with Crippen molar-refractivity contribution in [1.29, 1.82) is 0 Å². The van der Waals surface area contributed by atoms with Crippen LogP contribution < -0.4 is 21.7 Å². The smallest absolute Gasteiger partial charge is 0.237 e. The number of aliphatic hydroxyl groups is 9. The molecule has 3 aliphatic heterocycles. The Morgan fingerprint density at radius 3 is 1.26 bits per heavy atom. The van der Waals surface area contributed by atoms with Crippen molar-refractivity contribution in [2.24, 2.45) is 5.73 Å². The Morgan fingerprint density at radius 1 is 0.561 bits per heavy atom. The van der Waals surface area contributed by atoms with Gasteiger partial charge in [-0.15, -0.1) is 0 Å². The number of ether oxygens (including phenoxy) is 6. The first-order valence-electron chi connectivity index (χ1n) is 19.2. The summed E-state index contributed by atoms with van der Waals surface area (Å²) in [7, 11) is 0. The van der Waals surface area contributed by atoms with Gasteiger partial charge >= 0.3 is 0 Å². The number of carbonyl (C=O) groups is 3. The molecule has 0 bridgehead atoms. The molecule has 23 nitrogen and oxygen atoms in total. The Bertz CT molecular complexity index is 1170. The van der Waals surface area contributed by atoms with Gasteiger partial charge in [-0.05, 0) is 40.2 Å². The van der Waals surface area contributed by atoms with Crippen molar-refractivity contribution in [3.05, 3.63) is 0 Å². The highest BCUT2D eigenvalue weighted by Gasteiger charge is 2.44. The second-order valence-corrected chi connectivity index (χ2v) is 14.4. The minimum absolute atomic E-state index is 0.101. The molecule has 57 heavy (non-hydrogen) atoms. The summed E-state index contributed by atoms with van der Waals surface area (Å²) in [5.74, 6) is -1.80. The molecule has 14 N–H and O–H groups in total. The summed E-state index contributed by atoms with van der Waals surface area (Å²) >= 11 is 0. The third-order valence-electron chi connectivity index (χ3n) is 9.89. The van der Waals surface area contributed by atoms with E-state index in [-0.39, 0.29) is 45.9 Å². The number of carbonyl (C=O) groups excluding carboxylic acids is 3. The van der Waals surface area contributed by atoms with Crippen molar-refractivity contribution in [3.63, 3.8) is 0 Å². The molecular formula is C34H63N5O18. The number of amides is 3. The predicted molar refractivity (Wildman–Crippen MR) is 192 cm³/mol. The zero-order chi connectivity index (χ0) is 42.4. The van der Waals surface area contributed by atoms with Gasteiger partial charge in [0.2, 0.25) is 17.7 Å². The second kappa shape index (κ2) is 24.1. The van der Waals surface area contributed by atoms with Crippen LogP contribution >= 0.6 is 0 Å². The molecule has 3 aliphatic rings. The highest BCUT2D eigenvalue weighted by molar-refractivity contribution is 5.86. The van der Waals surface area contributed by atoms with E-state index >= 15 is 0 Å². The van der Waals surface area contributed by atoms with E-state index in [0.29, 0.717) is 19.4 Å². The molecule has 0 saturated carbocycles. The van der Waals surface area contributed by atoms with Crippen molar-refractivity contribution < 1.29 is 88.8 Å². The molecule has 0 aromatic rings. The fourth-order valence-corrected chi connectivity index (χ4v) is 6.37. The number of hydrogen-bond donors (Lipinski definition) is 13. The lowest BCUT2D eigenvalue weighted by Gasteiger charge is -2.39. The van der Waals surface area contributed by atoms with Crippen LogP contribution in [0, 0.1) is 0 Å². The highest BCUT2D eigenvalue weighted by atomic mass is 16.7. The van der Waals surface area contributed by atoms with E-state index in [1.165, 1.54) is 25.7 Å². The van der Waals surface area contributed by atoms with Gasteiger partial charge in [0.05, 0.1) is 57.3 Å². The molecule has 3 heterocycles. The fraction of sp³-hybridized carbons (Fsp3) is 0.912. The zero-order valence-electron chi connectivity index (χ0n) is 32.4. The first-order valence-corrected chi connectivity index (χ1v) is 19.2. The largest absolute Gasteiger partial charge is 0.388 e. The van der Waals surface area contributed by atoms with E-state index in [4.69, 9.17) is 34.2 Å². The molecule has 0 spiro atoms. The standard InChI is InChI=1S/C34H63N5O18/c1-16-22(42)25(45)28(48)32(55-16)52-11-8-36-20(40)14-39(15-21(41)37-9-12-53-33-29(49)26(46)23(43)17(2)56-33)19(6-4-5-7-35)31(51)38-10-13-54-34-30(50)27(47)24(44)18(3)57-34/h16-19,22-30,32-34,42-50H,4-15,35H2,1-3H3,(H,36,40)(H,37,41)(H,38,51)/t16-,17-,18-,19?,22+,23+,24+,25+,26+,27+,28-,29-,30-,32-,33+,34+/m0/s1. The van der Waals surface area contributed by atoms with Crippen LogP contribution in [0.4, 0.5) is 0 Å². The highest BCUT2D eigenvalue weighted by Crippen LogP contribution is 2.24. The summed E-state index contributed by atoms with van der Waals surface area (Å²) in [5.41, 5.74) is 5.69. The van der Waals surface area contributed by atoms with Crippen molar-refractivity contribution in [1.82, 2.24) is 20.9 Å². The van der Waals surface area contributed by atoms with Crippen molar-refractivity contribution in [2.45, 2.75) is 138 Å². The van der Waals surface area contributed by atoms with Gasteiger partial charge in [0.25, 0.3) is 0 Å². The number of nitrogens with one attached hydrogen (secondary N) is 3. The molecule has 1 unspecified atom stereocenters. The van der Waals surface area contributed by atoms with E-state index in [0.717, 1.165) is 0 Å². The minimum atomic E-state index is -1.55. The number of unbranched alkanes of at least 4 members (excludes halogenated alkanes) is 1. The van der Waals surface area contributed by atoms with Gasteiger partial charge in [-0.1, -0.05) is 6.42 Å². The Labute approximate surface area is 330 Å². The maximum absolute atomic E-state index is 13.6. The molecule has 0 aromatic heterocycles. The lowest BCUT2D eigenvalue weighted by Crippen LogP contribution is -2.58. The monoisotopic (exact) mass is 829 g/mol. The van der Waals surface area contributed by atoms with Crippen LogP contribution in [-0.4, -0.2) is 226 Å². The predicted octanol–water partition coefficient (Wildman–Crippen LogP) is -7.33. The molecule has 332 valence electrons. The van der Waals surface area contributed by atoms with Crippen LogP contribution in [0.2, 0.25) is 0 Å². The van der Waals surface area contributed by atoms with E-state index < -0.39 is 129 Å². The summed E-state index contributed by atoms with van der Waals surface area (Å²) in [5, 5.41) is 98.3. The maximum Gasteiger partial charge on any atom is 0.237 e. The Morgan fingerprint density at radius 2 is 0.912 bits per heavy atom. The summed E-state index contributed by atoms with van der Waals surface area (Å²) < 4.78 is 32.6.